The third kappa shape index (κ3) is 2.88. The van der Waals surface area contributed by atoms with Gasteiger partial charge in [-0.25, -0.2) is 8.42 Å². The minimum absolute atomic E-state index is 0.181. The minimum atomic E-state index is -3.26. The first-order valence-electron chi connectivity index (χ1n) is 5.92. The van der Waals surface area contributed by atoms with E-state index < -0.39 is 9.84 Å². The number of nitrogens with zero attached hydrogens (tertiary/aromatic N) is 1. The number of hydrogen-bond donors (Lipinski definition) is 2. The molecule has 2 rings (SSSR count). The molecule has 2 N–H and O–H groups in total. The molecule has 0 aliphatic carbocycles. The fourth-order valence-electron chi connectivity index (χ4n) is 1.64. The number of nitrogens with one attached hydrogen (secondary N) is 2. The standard InChI is InChI=1S/C13H15N3O3S/c1-8-9(2)15-16-12(8)14-13(17)10-4-6-11(7-5-10)20(3,18)19/h4-7H,1-3H3,(H2,14,15,16,17). The Kier molecular flexibility index (Phi) is 3.63. The lowest BCUT2D eigenvalue weighted by atomic mass is 10.2. The molecule has 0 unspecified atom stereocenters. The van der Waals surface area contributed by atoms with E-state index in [0.29, 0.717) is 11.4 Å². The molecule has 0 atom stereocenters. The first-order valence-corrected chi connectivity index (χ1v) is 7.81. The summed E-state index contributed by atoms with van der Waals surface area (Å²) >= 11 is 0. The van der Waals surface area contributed by atoms with Gasteiger partial charge >= 0.3 is 0 Å². The maximum absolute atomic E-state index is 12.0. The van der Waals surface area contributed by atoms with Crippen LogP contribution in [0.4, 0.5) is 5.82 Å². The van der Waals surface area contributed by atoms with Gasteiger partial charge in [0.15, 0.2) is 15.7 Å². The average molecular weight is 293 g/mol. The largest absolute Gasteiger partial charge is 0.305 e. The molecule has 106 valence electrons. The Morgan fingerprint density at radius 1 is 1.20 bits per heavy atom. The van der Waals surface area contributed by atoms with Crippen LogP contribution in [0.15, 0.2) is 29.2 Å². The molecule has 1 amide bonds. The summed E-state index contributed by atoms with van der Waals surface area (Å²) in [6, 6.07) is 5.76. The zero-order valence-electron chi connectivity index (χ0n) is 11.4. The quantitative estimate of drug-likeness (QED) is 0.900. The van der Waals surface area contributed by atoms with E-state index in [9.17, 15) is 13.2 Å². The Morgan fingerprint density at radius 2 is 1.80 bits per heavy atom. The Morgan fingerprint density at radius 3 is 2.25 bits per heavy atom. The van der Waals surface area contributed by atoms with E-state index >= 15 is 0 Å². The molecule has 0 saturated heterocycles. The van der Waals surface area contributed by atoms with E-state index in [1.165, 1.54) is 24.3 Å². The molecule has 2 aromatic rings. The van der Waals surface area contributed by atoms with E-state index in [2.05, 4.69) is 15.5 Å². The van der Waals surface area contributed by atoms with Crippen LogP contribution in [0.1, 0.15) is 21.6 Å². The van der Waals surface area contributed by atoms with Gasteiger partial charge in [0.25, 0.3) is 5.91 Å². The normalized spacial score (nSPS) is 11.3. The van der Waals surface area contributed by atoms with Crippen molar-refractivity contribution in [1.29, 1.82) is 0 Å². The molecule has 0 bridgehead atoms. The van der Waals surface area contributed by atoms with Crippen LogP contribution in [0.3, 0.4) is 0 Å². The van der Waals surface area contributed by atoms with Gasteiger partial charge in [0, 0.05) is 23.1 Å². The number of aromatic nitrogens is 2. The Bertz CT molecular complexity index is 746. The number of carbonyl (C=O) groups is 1. The Hall–Kier alpha value is -2.15. The molecule has 1 aromatic heterocycles. The first kappa shape index (κ1) is 14.3. The summed E-state index contributed by atoms with van der Waals surface area (Å²) in [5.74, 6) is 0.138. The van der Waals surface area contributed by atoms with Crippen molar-refractivity contribution < 1.29 is 13.2 Å². The summed E-state index contributed by atoms with van der Waals surface area (Å²) in [6.07, 6.45) is 1.12. The maximum Gasteiger partial charge on any atom is 0.256 e. The highest BCUT2D eigenvalue weighted by Crippen LogP contribution is 2.16. The minimum Gasteiger partial charge on any atom is -0.305 e. The van der Waals surface area contributed by atoms with Crippen molar-refractivity contribution in [3.8, 4) is 0 Å². The lowest BCUT2D eigenvalue weighted by Gasteiger charge is -2.04. The van der Waals surface area contributed by atoms with Gasteiger partial charge in [0.2, 0.25) is 0 Å². The highest BCUT2D eigenvalue weighted by molar-refractivity contribution is 7.90. The van der Waals surface area contributed by atoms with E-state index in [1.807, 2.05) is 13.8 Å². The van der Waals surface area contributed by atoms with E-state index in [1.54, 1.807) is 0 Å². The summed E-state index contributed by atoms with van der Waals surface area (Å²) in [5.41, 5.74) is 2.12. The third-order valence-corrected chi connectivity index (χ3v) is 4.16. The number of H-pyrrole nitrogens is 1. The van der Waals surface area contributed by atoms with Gasteiger partial charge in [-0.15, -0.1) is 0 Å². The van der Waals surface area contributed by atoms with Crippen LogP contribution in [-0.2, 0) is 9.84 Å². The topological polar surface area (TPSA) is 91.9 Å². The second kappa shape index (κ2) is 5.09. The van der Waals surface area contributed by atoms with Gasteiger partial charge in [-0.3, -0.25) is 9.89 Å². The van der Waals surface area contributed by atoms with Gasteiger partial charge in [0.05, 0.1) is 4.90 Å². The molecule has 20 heavy (non-hydrogen) atoms. The molecule has 0 saturated carbocycles. The smallest absolute Gasteiger partial charge is 0.256 e. The Labute approximate surface area is 117 Å². The van der Waals surface area contributed by atoms with Crippen LogP contribution in [0, 0.1) is 13.8 Å². The number of benzene rings is 1. The van der Waals surface area contributed by atoms with Crippen molar-refractivity contribution in [2.75, 3.05) is 11.6 Å². The molecular weight excluding hydrogens is 278 g/mol. The van der Waals surface area contributed by atoms with Crippen molar-refractivity contribution in [1.82, 2.24) is 10.2 Å². The summed E-state index contributed by atoms with van der Waals surface area (Å²) in [6.45, 7) is 3.71. The second-order valence-corrected chi connectivity index (χ2v) is 6.59. The fraction of sp³-hybridized carbons (Fsp3) is 0.231. The number of aryl methyl sites for hydroxylation is 1. The summed E-state index contributed by atoms with van der Waals surface area (Å²) < 4.78 is 22.7. The maximum atomic E-state index is 12.0. The molecule has 0 aliphatic rings. The lowest BCUT2D eigenvalue weighted by molar-refractivity contribution is 0.102. The summed E-state index contributed by atoms with van der Waals surface area (Å²) in [7, 11) is -3.26. The number of rotatable bonds is 3. The van der Waals surface area contributed by atoms with Crippen molar-refractivity contribution in [2.45, 2.75) is 18.7 Å². The van der Waals surface area contributed by atoms with E-state index in [-0.39, 0.29) is 10.8 Å². The lowest BCUT2D eigenvalue weighted by Crippen LogP contribution is -2.13. The van der Waals surface area contributed by atoms with Crippen LogP contribution in [0.2, 0.25) is 0 Å². The van der Waals surface area contributed by atoms with Gasteiger partial charge in [-0.2, -0.15) is 5.10 Å². The average Bonchev–Trinajstić information content (AvgIpc) is 2.70. The first-order chi connectivity index (χ1) is 9.29. The molecule has 0 aliphatic heterocycles. The highest BCUT2D eigenvalue weighted by Gasteiger charge is 2.13. The molecule has 1 aromatic carbocycles. The number of sulfone groups is 1. The molecule has 0 radical (unpaired) electrons. The number of aromatic amines is 1. The molecule has 1 heterocycles. The number of amides is 1. The molecule has 7 heteroatoms. The number of hydrogen-bond acceptors (Lipinski definition) is 4. The van der Waals surface area contributed by atoms with Gasteiger partial charge in [-0.05, 0) is 38.1 Å². The van der Waals surface area contributed by atoms with Crippen molar-refractivity contribution in [3.63, 3.8) is 0 Å². The fourth-order valence-corrected chi connectivity index (χ4v) is 2.27. The van der Waals surface area contributed by atoms with E-state index in [4.69, 9.17) is 0 Å². The van der Waals surface area contributed by atoms with Crippen molar-refractivity contribution in [2.24, 2.45) is 0 Å². The van der Waals surface area contributed by atoms with Gasteiger partial charge in [0.1, 0.15) is 0 Å². The SMILES string of the molecule is Cc1[nH]nc(NC(=O)c2ccc(S(C)(=O)=O)cc2)c1C. The number of anilines is 1. The predicted octanol–water partition coefficient (Wildman–Crippen LogP) is 1.68. The summed E-state index contributed by atoms with van der Waals surface area (Å²) in [5, 5.41) is 9.44. The van der Waals surface area contributed by atoms with Gasteiger partial charge < -0.3 is 5.32 Å². The molecular formula is C13H15N3O3S. The van der Waals surface area contributed by atoms with Crippen molar-refractivity contribution in [3.05, 3.63) is 41.1 Å². The highest BCUT2D eigenvalue weighted by atomic mass is 32.2. The van der Waals surface area contributed by atoms with Crippen LogP contribution in [-0.4, -0.2) is 30.8 Å². The van der Waals surface area contributed by atoms with Crippen molar-refractivity contribution >= 4 is 21.6 Å². The zero-order chi connectivity index (χ0) is 14.9. The molecule has 0 spiro atoms. The molecule has 6 nitrogen and oxygen atoms in total. The van der Waals surface area contributed by atoms with Crippen LogP contribution < -0.4 is 5.32 Å². The number of carbonyl (C=O) groups excluding carboxylic acids is 1. The van der Waals surface area contributed by atoms with E-state index in [0.717, 1.165) is 17.5 Å². The summed E-state index contributed by atoms with van der Waals surface area (Å²) in [4.78, 5) is 12.2. The molecule has 0 fully saturated rings. The van der Waals surface area contributed by atoms with Crippen LogP contribution in [0.5, 0.6) is 0 Å². The van der Waals surface area contributed by atoms with Crippen LogP contribution >= 0.6 is 0 Å². The van der Waals surface area contributed by atoms with Crippen LogP contribution in [0.25, 0.3) is 0 Å². The Balaban J connectivity index is 2.20. The second-order valence-electron chi connectivity index (χ2n) is 4.57. The van der Waals surface area contributed by atoms with Gasteiger partial charge in [-0.1, -0.05) is 0 Å². The monoisotopic (exact) mass is 293 g/mol. The zero-order valence-corrected chi connectivity index (χ0v) is 12.2. The third-order valence-electron chi connectivity index (χ3n) is 3.03. The predicted molar refractivity (Wildman–Crippen MR) is 75.6 cm³/mol.